The Morgan fingerprint density at radius 3 is 2.39 bits per heavy atom. The van der Waals surface area contributed by atoms with Crippen LogP contribution in [-0.2, 0) is 6.61 Å². The standard InChI is InChI=1S/C17H17N3O3/c1-22-14-7-3-5-12(9-14)17-16(11-21)18-19-20(17)13-6-4-8-15(10-13)23-2/h3-10,21H,11H2,1-2H3. The first kappa shape index (κ1) is 15.1. The van der Waals surface area contributed by atoms with Gasteiger partial charge in [0.25, 0.3) is 0 Å². The molecular weight excluding hydrogens is 294 g/mol. The molecule has 0 bridgehead atoms. The van der Waals surface area contributed by atoms with Crippen molar-refractivity contribution in [2.24, 2.45) is 0 Å². The molecule has 0 atom stereocenters. The minimum absolute atomic E-state index is 0.198. The van der Waals surface area contributed by atoms with Crippen LogP contribution in [0.3, 0.4) is 0 Å². The summed E-state index contributed by atoms with van der Waals surface area (Å²) >= 11 is 0. The molecule has 3 rings (SSSR count). The molecule has 6 heteroatoms. The normalized spacial score (nSPS) is 10.6. The summed E-state index contributed by atoms with van der Waals surface area (Å²) in [7, 11) is 3.23. The largest absolute Gasteiger partial charge is 0.497 e. The minimum atomic E-state index is -0.198. The van der Waals surface area contributed by atoms with E-state index < -0.39 is 0 Å². The van der Waals surface area contributed by atoms with Crippen molar-refractivity contribution in [2.75, 3.05) is 14.2 Å². The first-order chi connectivity index (χ1) is 11.3. The van der Waals surface area contributed by atoms with Crippen molar-refractivity contribution in [3.8, 4) is 28.4 Å². The smallest absolute Gasteiger partial charge is 0.121 e. The van der Waals surface area contributed by atoms with E-state index in [-0.39, 0.29) is 6.61 Å². The Hall–Kier alpha value is -2.86. The number of hydrogen-bond acceptors (Lipinski definition) is 5. The third-order valence-electron chi connectivity index (χ3n) is 3.53. The van der Waals surface area contributed by atoms with E-state index in [9.17, 15) is 5.11 Å². The molecule has 0 fully saturated rings. The van der Waals surface area contributed by atoms with Gasteiger partial charge in [-0.25, -0.2) is 4.68 Å². The van der Waals surface area contributed by atoms with Crippen molar-refractivity contribution in [2.45, 2.75) is 6.61 Å². The van der Waals surface area contributed by atoms with Crippen LogP contribution in [0.15, 0.2) is 48.5 Å². The maximum absolute atomic E-state index is 9.60. The molecule has 1 N–H and O–H groups in total. The number of hydrogen-bond donors (Lipinski definition) is 1. The maximum Gasteiger partial charge on any atom is 0.121 e. The van der Waals surface area contributed by atoms with E-state index in [1.54, 1.807) is 18.9 Å². The predicted molar refractivity (Wildman–Crippen MR) is 85.8 cm³/mol. The minimum Gasteiger partial charge on any atom is -0.497 e. The molecule has 0 amide bonds. The van der Waals surface area contributed by atoms with Crippen molar-refractivity contribution in [3.63, 3.8) is 0 Å². The van der Waals surface area contributed by atoms with Crippen LogP contribution in [0.2, 0.25) is 0 Å². The van der Waals surface area contributed by atoms with Crippen molar-refractivity contribution in [3.05, 3.63) is 54.2 Å². The van der Waals surface area contributed by atoms with E-state index in [0.29, 0.717) is 5.69 Å². The lowest BCUT2D eigenvalue weighted by atomic mass is 10.1. The Morgan fingerprint density at radius 1 is 1.00 bits per heavy atom. The Balaban J connectivity index is 2.17. The van der Waals surface area contributed by atoms with Crippen molar-refractivity contribution in [1.82, 2.24) is 15.0 Å². The molecule has 3 aromatic rings. The second kappa shape index (κ2) is 6.50. The van der Waals surface area contributed by atoms with Crippen LogP contribution in [0.4, 0.5) is 0 Å². The van der Waals surface area contributed by atoms with Crippen LogP contribution in [0.5, 0.6) is 11.5 Å². The fourth-order valence-corrected chi connectivity index (χ4v) is 2.40. The van der Waals surface area contributed by atoms with Gasteiger partial charge in [0, 0.05) is 11.6 Å². The SMILES string of the molecule is COc1cccc(-c2c(CO)nnn2-c2cccc(OC)c2)c1. The van der Waals surface area contributed by atoms with E-state index in [1.165, 1.54) is 0 Å². The highest BCUT2D eigenvalue weighted by Crippen LogP contribution is 2.29. The highest BCUT2D eigenvalue weighted by Gasteiger charge is 2.16. The molecule has 1 heterocycles. The molecule has 0 aliphatic carbocycles. The zero-order chi connectivity index (χ0) is 16.2. The Kier molecular flexibility index (Phi) is 4.25. The number of nitrogens with zero attached hydrogens (tertiary/aromatic N) is 3. The lowest BCUT2D eigenvalue weighted by Crippen LogP contribution is -2.01. The number of methoxy groups -OCH3 is 2. The summed E-state index contributed by atoms with van der Waals surface area (Å²) in [6, 6.07) is 15.1. The quantitative estimate of drug-likeness (QED) is 0.784. The summed E-state index contributed by atoms with van der Waals surface area (Å²) in [4.78, 5) is 0. The fraction of sp³-hybridized carbons (Fsp3) is 0.176. The molecule has 0 aliphatic rings. The van der Waals surface area contributed by atoms with Crippen molar-refractivity contribution >= 4 is 0 Å². The van der Waals surface area contributed by atoms with Gasteiger partial charge in [0.15, 0.2) is 0 Å². The van der Waals surface area contributed by atoms with Gasteiger partial charge in [0.1, 0.15) is 22.9 Å². The number of aliphatic hydroxyl groups excluding tert-OH is 1. The maximum atomic E-state index is 9.60. The molecule has 23 heavy (non-hydrogen) atoms. The molecule has 118 valence electrons. The predicted octanol–water partition coefficient (Wildman–Crippen LogP) is 2.44. The summed E-state index contributed by atoms with van der Waals surface area (Å²) in [5, 5.41) is 17.8. The van der Waals surface area contributed by atoms with Crippen LogP contribution in [0.25, 0.3) is 16.9 Å². The summed E-state index contributed by atoms with van der Waals surface area (Å²) in [6.45, 7) is -0.198. The molecule has 6 nitrogen and oxygen atoms in total. The third kappa shape index (κ3) is 2.89. The van der Waals surface area contributed by atoms with E-state index in [0.717, 1.165) is 28.4 Å². The van der Waals surface area contributed by atoms with Crippen molar-refractivity contribution < 1.29 is 14.6 Å². The number of benzene rings is 2. The lowest BCUT2D eigenvalue weighted by molar-refractivity contribution is 0.277. The van der Waals surface area contributed by atoms with Crippen molar-refractivity contribution in [1.29, 1.82) is 0 Å². The average molecular weight is 311 g/mol. The molecule has 0 aliphatic heterocycles. The second-order valence-electron chi connectivity index (χ2n) is 4.89. The number of aliphatic hydroxyl groups is 1. The highest BCUT2D eigenvalue weighted by molar-refractivity contribution is 5.66. The molecule has 2 aromatic carbocycles. The van der Waals surface area contributed by atoms with Crippen LogP contribution in [-0.4, -0.2) is 34.3 Å². The van der Waals surface area contributed by atoms with Gasteiger partial charge in [-0.1, -0.05) is 23.4 Å². The van der Waals surface area contributed by atoms with Gasteiger partial charge < -0.3 is 14.6 Å². The zero-order valence-electron chi connectivity index (χ0n) is 12.9. The first-order valence-electron chi connectivity index (χ1n) is 7.11. The molecule has 0 saturated heterocycles. The first-order valence-corrected chi connectivity index (χ1v) is 7.11. The molecule has 0 radical (unpaired) electrons. The average Bonchev–Trinajstić information content (AvgIpc) is 3.06. The molecular formula is C17H17N3O3. The number of rotatable bonds is 5. The number of aromatic nitrogens is 3. The van der Waals surface area contributed by atoms with Gasteiger partial charge in [0.2, 0.25) is 0 Å². The Labute approximate surface area is 133 Å². The Morgan fingerprint density at radius 2 is 1.70 bits per heavy atom. The summed E-state index contributed by atoms with van der Waals surface area (Å²) in [5.41, 5.74) is 2.89. The Bertz CT molecular complexity index is 814. The van der Waals surface area contributed by atoms with Crippen LogP contribution in [0.1, 0.15) is 5.69 Å². The van der Waals surface area contributed by atoms with E-state index in [2.05, 4.69) is 10.3 Å². The topological polar surface area (TPSA) is 69.4 Å². The van der Waals surface area contributed by atoms with Gasteiger partial charge >= 0.3 is 0 Å². The molecule has 0 unspecified atom stereocenters. The summed E-state index contributed by atoms with van der Waals surface area (Å²) < 4.78 is 12.2. The fourth-order valence-electron chi connectivity index (χ4n) is 2.40. The van der Waals surface area contributed by atoms with Gasteiger partial charge in [-0.15, -0.1) is 5.10 Å². The van der Waals surface area contributed by atoms with Crippen LogP contribution >= 0.6 is 0 Å². The molecule has 0 saturated carbocycles. The van der Waals surface area contributed by atoms with Gasteiger partial charge in [-0.2, -0.15) is 0 Å². The lowest BCUT2D eigenvalue weighted by Gasteiger charge is -2.10. The number of ether oxygens (including phenoxy) is 2. The van der Waals surface area contributed by atoms with Gasteiger partial charge in [-0.05, 0) is 24.3 Å². The zero-order valence-corrected chi connectivity index (χ0v) is 12.9. The highest BCUT2D eigenvalue weighted by atomic mass is 16.5. The third-order valence-corrected chi connectivity index (χ3v) is 3.53. The summed E-state index contributed by atoms with van der Waals surface area (Å²) in [6.07, 6.45) is 0. The van der Waals surface area contributed by atoms with Crippen LogP contribution < -0.4 is 9.47 Å². The van der Waals surface area contributed by atoms with Gasteiger partial charge in [0.05, 0.1) is 26.5 Å². The molecule has 0 spiro atoms. The van der Waals surface area contributed by atoms with E-state index in [1.807, 2.05) is 48.5 Å². The van der Waals surface area contributed by atoms with E-state index >= 15 is 0 Å². The van der Waals surface area contributed by atoms with Gasteiger partial charge in [-0.3, -0.25) is 0 Å². The van der Waals surface area contributed by atoms with Crippen LogP contribution in [0, 0.1) is 0 Å². The molecule has 1 aromatic heterocycles. The van der Waals surface area contributed by atoms with E-state index in [4.69, 9.17) is 9.47 Å². The monoisotopic (exact) mass is 311 g/mol. The summed E-state index contributed by atoms with van der Waals surface area (Å²) in [5.74, 6) is 1.45. The second-order valence-corrected chi connectivity index (χ2v) is 4.89.